The van der Waals surface area contributed by atoms with Gasteiger partial charge < -0.3 is 10.1 Å². The van der Waals surface area contributed by atoms with Gasteiger partial charge in [-0.2, -0.15) is 0 Å². The molecule has 0 saturated heterocycles. The van der Waals surface area contributed by atoms with Crippen LogP contribution in [0, 0.1) is 0 Å². The Morgan fingerprint density at radius 2 is 1.96 bits per heavy atom. The zero-order valence-electron chi connectivity index (χ0n) is 16.7. The zero-order valence-corrected chi connectivity index (χ0v) is 17.5. The van der Waals surface area contributed by atoms with Gasteiger partial charge in [0.1, 0.15) is 16.8 Å². The van der Waals surface area contributed by atoms with Crippen LogP contribution in [0.1, 0.15) is 52.4 Å². The van der Waals surface area contributed by atoms with Gasteiger partial charge in [0.15, 0.2) is 0 Å². The molecule has 1 atom stereocenters. The Morgan fingerprint density at radius 3 is 2.71 bits per heavy atom. The van der Waals surface area contributed by atoms with E-state index in [1.807, 2.05) is 24.3 Å². The molecule has 0 aliphatic rings. The minimum atomic E-state index is -0.632. The summed E-state index contributed by atoms with van der Waals surface area (Å²) in [5, 5.41) is 14.6. The van der Waals surface area contributed by atoms with Gasteiger partial charge in [0.25, 0.3) is 0 Å². The summed E-state index contributed by atoms with van der Waals surface area (Å²) in [4.78, 5) is 24.3. The van der Waals surface area contributed by atoms with E-state index in [1.54, 1.807) is 14.0 Å². The third kappa shape index (κ3) is 6.92. The number of hydrogen-bond acceptors (Lipinski definition) is 6. The lowest BCUT2D eigenvalue weighted by Crippen LogP contribution is -2.41. The molecule has 2 N–H and O–H groups in total. The highest BCUT2D eigenvalue weighted by atomic mass is 32.1. The van der Waals surface area contributed by atoms with Crippen LogP contribution in [0.3, 0.4) is 0 Å². The lowest BCUT2D eigenvalue weighted by atomic mass is 10.1. The predicted octanol–water partition coefficient (Wildman–Crippen LogP) is 4.02. The first-order valence-corrected chi connectivity index (χ1v) is 10.4. The number of methoxy groups -OCH3 is 1. The van der Waals surface area contributed by atoms with Crippen molar-refractivity contribution in [3.63, 3.8) is 0 Å². The molecule has 0 aliphatic heterocycles. The second kappa shape index (κ2) is 11.4. The van der Waals surface area contributed by atoms with E-state index in [9.17, 15) is 9.59 Å². The number of rotatable bonds is 11. The summed E-state index contributed by atoms with van der Waals surface area (Å²) in [6, 6.07) is 6.84. The average Bonchev–Trinajstić information content (AvgIpc) is 3.16. The minimum absolute atomic E-state index is 0.103. The number of amides is 2. The third-order valence-electron chi connectivity index (χ3n) is 4.25. The molecule has 28 heavy (non-hydrogen) atoms. The van der Waals surface area contributed by atoms with Crippen LogP contribution in [0.25, 0.3) is 10.6 Å². The van der Waals surface area contributed by atoms with Gasteiger partial charge in [-0.05, 0) is 25.5 Å². The Bertz CT molecular complexity index is 778. The number of carbonyl (C=O) groups is 2. The highest BCUT2D eigenvalue weighted by Gasteiger charge is 2.17. The van der Waals surface area contributed by atoms with Crippen LogP contribution in [-0.2, 0) is 9.59 Å². The molecule has 1 aromatic heterocycles. The number of anilines is 1. The Balaban J connectivity index is 1.82. The van der Waals surface area contributed by atoms with E-state index < -0.39 is 6.04 Å². The zero-order chi connectivity index (χ0) is 20.4. The summed E-state index contributed by atoms with van der Waals surface area (Å²) >= 11 is 1.27. The quantitative estimate of drug-likeness (QED) is 0.552. The first-order chi connectivity index (χ1) is 13.5. The van der Waals surface area contributed by atoms with Gasteiger partial charge in [-0.15, -0.1) is 10.2 Å². The monoisotopic (exact) mass is 404 g/mol. The minimum Gasteiger partial charge on any atom is -0.497 e. The molecule has 0 saturated carbocycles. The van der Waals surface area contributed by atoms with Gasteiger partial charge >= 0.3 is 0 Å². The average molecular weight is 405 g/mol. The smallest absolute Gasteiger partial charge is 0.248 e. The first kappa shape index (κ1) is 21.8. The van der Waals surface area contributed by atoms with E-state index >= 15 is 0 Å². The van der Waals surface area contributed by atoms with E-state index in [4.69, 9.17) is 4.74 Å². The number of nitrogens with one attached hydrogen (secondary N) is 2. The summed E-state index contributed by atoms with van der Waals surface area (Å²) in [5.74, 6) is 0.311. The van der Waals surface area contributed by atoms with Gasteiger partial charge in [-0.3, -0.25) is 14.9 Å². The lowest BCUT2D eigenvalue weighted by molar-refractivity contribution is -0.126. The Labute approximate surface area is 169 Å². The van der Waals surface area contributed by atoms with Crippen LogP contribution < -0.4 is 15.4 Å². The molecule has 152 valence electrons. The van der Waals surface area contributed by atoms with Crippen LogP contribution in [0.4, 0.5) is 5.13 Å². The predicted molar refractivity (Wildman–Crippen MR) is 112 cm³/mol. The molecular formula is C20H28N4O3S. The maximum atomic E-state index is 12.3. The number of nitrogens with zero attached hydrogens (tertiary/aromatic N) is 2. The molecule has 0 spiro atoms. The molecule has 0 fully saturated rings. The maximum Gasteiger partial charge on any atom is 0.248 e. The molecule has 0 aliphatic carbocycles. The second-order valence-electron chi connectivity index (χ2n) is 6.59. The van der Waals surface area contributed by atoms with E-state index in [-0.39, 0.29) is 11.8 Å². The Morgan fingerprint density at radius 1 is 1.18 bits per heavy atom. The van der Waals surface area contributed by atoms with Gasteiger partial charge in [0.05, 0.1) is 7.11 Å². The maximum absolute atomic E-state index is 12.3. The van der Waals surface area contributed by atoms with Crippen LogP contribution in [0.2, 0.25) is 0 Å². The summed E-state index contributed by atoms with van der Waals surface area (Å²) in [6.07, 6.45) is 5.85. The highest BCUT2D eigenvalue weighted by Crippen LogP contribution is 2.28. The summed E-state index contributed by atoms with van der Waals surface area (Å²) in [6.45, 7) is 3.82. The van der Waals surface area contributed by atoms with E-state index in [2.05, 4.69) is 27.8 Å². The molecule has 2 aromatic rings. The third-order valence-corrected chi connectivity index (χ3v) is 5.14. The fourth-order valence-electron chi connectivity index (χ4n) is 2.63. The molecule has 1 unspecified atom stereocenters. The molecule has 8 heteroatoms. The molecule has 2 rings (SSSR count). The topological polar surface area (TPSA) is 93.2 Å². The molecule has 0 radical (unpaired) electrons. The number of unbranched alkanes of at least 4 members (excludes halogenated alkanes) is 4. The molecule has 1 heterocycles. The van der Waals surface area contributed by atoms with E-state index in [0.29, 0.717) is 16.6 Å². The molecule has 7 nitrogen and oxygen atoms in total. The van der Waals surface area contributed by atoms with Gasteiger partial charge in [-0.25, -0.2) is 0 Å². The number of hydrogen-bond donors (Lipinski definition) is 2. The number of aromatic nitrogens is 2. The van der Waals surface area contributed by atoms with Crippen LogP contribution >= 0.6 is 11.3 Å². The summed E-state index contributed by atoms with van der Waals surface area (Å²) < 4.78 is 5.21. The van der Waals surface area contributed by atoms with Crippen molar-refractivity contribution in [2.75, 3.05) is 12.4 Å². The number of ether oxygens (including phenoxy) is 1. The highest BCUT2D eigenvalue weighted by molar-refractivity contribution is 7.18. The standard InChI is InChI=1S/C20H28N4O3S/c1-4-5-6-7-8-12-17(25)21-14(2)18(26)22-20-24-23-19(28-20)15-10-9-11-16(13-15)27-3/h9-11,13-14H,4-8,12H2,1-3H3,(H,21,25)(H,22,24,26). The second-order valence-corrected chi connectivity index (χ2v) is 7.56. The molecule has 0 bridgehead atoms. The summed E-state index contributed by atoms with van der Waals surface area (Å²) in [7, 11) is 1.60. The van der Waals surface area contributed by atoms with Crippen LogP contribution in [0.15, 0.2) is 24.3 Å². The van der Waals surface area contributed by atoms with Crippen molar-refractivity contribution < 1.29 is 14.3 Å². The van der Waals surface area contributed by atoms with Gasteiger partial charge in [-0.1, -0.05) is 56.1 Å². The van der Waals surface area contributed by atoms with Crippen LogP contribution in [-0.4, -0.2) is 35.2 Å². The van der Waals surface area contributed by atoms with Crippen molar-refractivity contribution in [2.45, 2.75) is 58.4 Å². The first-order valence-electron chi connectivity index (χ1n) is 9.61. The fraction of sp³-hybridized carbons (Fsp3) is 0.500. The van der Waals surface area contributed by atoms with Gasteiger partial charge in [0.2, 0.25) is 16.9 Å². The van der Waals surface area contributed by atoms with Crippen molar-refractivity contribution in [2.24, 2.45) is 0 Å². The van der Waals surface area contributed by atoms with E-state index in [0.717, 1.165) is 30.6 Å². The van der Waals surface area contributed by atoms with Crippen molar-refractivity contribution in [1.29, 1.82) is 0 Å². The van der Waals surface area contributed by atoms with Crippen LogP contribution in [0.5, 0.6) is 5.75 Å². The molecule has 2 amide bonds. The summed E-state index contributed by atoms with van der Waals surface area (Å²) in [5.41, 5.74) is 0.863. The van der Waals surface area contributed by atoms with Gasteiger partial charge in [0, 0.05) is 12.0 Å². The van der Waals surface area contributed by atoms with Crippen molar-refractivity contribution in [1.82, 2.24) is 15.5 Å². The van der Waals surface area contributed by atoms with Crippen molar-refractivity contribution in [3.05, 3.63) is 24.3 Å². The van der Waals surface area contributed by atoms with Crippen molar-refractivity contribution >= 4 is 28.3 Å². The molecular weight excluding hydrogens is 376 g/mol. The Kier molecular flexibility index (Phi) is 8.87. The number of carbonyl (C=O) groups excluding carboxylic acids is 2. The van der Waals surface area contributed by atoms with E-state index in [1.165, 1.54) is 24.2 Å². The van der Waals surface area contributed by atoms with Crippen molar-refractivity contribution in [3.8, 4) is 16.3 Å². The molecule has 1 aromatic carbocycles. The number of benzene rings is 1. The fourth-order valence-corrected chi connectivity index (χ4v) is 3.37. The largest absolute Gasteiger partial charge is 0.497 e. The SMILES string of the molecule is CCCCCCCC(=O)NC(C)C(=O)Nc1nnc(-c2cccc(OC)c2)s1. The lowest BCUT2D eigenvalue weighted by Gasteiger charge is -2.12. The normalized spacial score (nSPS) is 11.7. The Hall–Kier alpha value is -2.48.